The van der Waals surface area contributed by atoms with E-state index < -0.39 is 10.0 Å². The fourth-order valence-electron chi connectivity index (χ4n) is 4.96. The van der Waals surface area contributed by atoms with E-state index in [0.29, 0.717) is 44.5 Å². The Kier molecular flexibility index (Phi) is 8.91. The zero-order chi connectivity index (χ0) is 25.5. The highest BCUT2D eigenvalue weighted by Gasteiger charge is 2.36. The molecule has 1 aromatic carbocycles. The lowest BCUT2D eigenvalue weighted by Crippen LogP contribution is -2.54. The molecule has 2 N–H and O–H groups in total. The number of hydrogen-bond acceptors (Lipinski definition) is 7. The molecule has 1 aliphatic carbocycles. The number of urea groups is 1. The van der Waals surface area contributed by atoms with E-state index in [1.165, 1.54) is 12.1 Å². The number of pyridine rings is 1. The first-order valence-electron chi connectivity index (χ1n) is 12.2. The average molecular weight is 518 g/mol. The number of anilines is 1. The number of carbonyl (C=O) groups is 1. The summed E-state index contributed by atoms with van der Waals surface area (Å²) in [4.78, 5) is 18.8. The van der Waals surface area contributed by atoms with E-state index in [2.05, 4.69) is 20.5 Å². The van der Waals surface area contributed by atoms with Crippen molar-refractivity contribution in [2.45, 2.75) is 49.0 Å². The summed E-state index contributed by atoms with van der Waals surface area (Å²) in [5.74, 6) is 0. The summed E-state index contributed by atoms with van der Waals surface area (Å²) in [6.45, 7) is 2.61. The van der Waals surface area contributed by atoms with Crippen LogP contribution in [0.3, 0.4) is 0 Å². The van der Waals surface area contributed by atoms with Crippen molar-refractivity contribution in [3.05, 3.63) is 54.4 Å². The molecule has 0 radical (unpaired) electrons. The second-order valence-corrected chi connectivity index (χ2v) is 11.1. The van der Waals surface area contributed by atoms with Gasteiger partial charge in [-0.3, -0.25) is 9.88 Å². The van der Waals surface area contributed by atoms with Gasteiger partial charge < -0.3 is 20.1 Å². The van der Waals surface area contributed by atoms with E-state index in [9.17, 15) is 13.2 Å². The third-order valence-electron chi connectivity index (χ3n) is 7.02. The minimum atomic E-state index is -3.61. The molecule has 1 saturated heterocycles. The SMILES string of the molecule is COC1CCC(N2CCN(S(=O)(=O)c3ccc(NC(=O)NCc4cccnc4)cc3)CC2)CC1OC. The number of nitrogens with one attached hydrogen (secondary N) is 2. The van der Waals surface area contributed by atoms with Gasteiger partial charge in [0.15, 0.2) is 0 Å². The first-order valence-corrected chi connectivity index (χ1v) is 13.7. The Morgan fingerprint density at radius 1 is 1.03 bits per heavy atom. The molecule has 10 nitrogen and oxygen atoms in total. The van der Waals surface area contributed by atoms with E-state index >= 15 is 0 Å². The highest BCUT2D eigenvalue weighted by atomic mass is 32.2. The number of piperazine rings is 1. The molecule has 2 fully saturated rings. The summed E-state index contributed by atoms with van der Waals surface area (Å²) < 4.78 is 39.1. The number of methoxy groups -OCH3 is 2. The molecular weight excluding hydrogens is 482 g/mol. The number of sulfonamides is 1. The lowest BCUT2D eigenvalue weighted by atomic mass is 9.89. The van der Waals surface area contributed by atoms with Gasteiger partial charge in [-0.15, -0.1) is 0 Å². The number of aromatic nitrogens is 1. The number of nitrogens with zero attached hydrogens (tertiary/aromatic N) is 3. The number of rotatable bonds is 8. The molecule has 3 unspecified atom stereocenters. The van der Waals surface area contributed by atoms with E-state index in [0.717, 1.165) is 24.8 Å². The lowest BCUT2D eigenvalue weighted by Gasteiger charge is -2.43. The molecular formula is C25H35N5O5S. The van der Waals surface area contributed by atoms with Crippen LogP contribution in [0.4, 0.5) is 10.5 Å². The lowest BCUT2D eigenvalue weighted by molar-refractivity contribution is -0.0794. The molecule has 2 aliphatic rings. The first-order chi connectivity index (χ1) is 17.4. The minimum Gasteiger partial charge on any atom is -0.379 e. The van der Waals surface area contributed by atoms with Crippen LogP contribution in [-0.4, -0.2) is 87.3 Å². The molecule has 1 saturated carbocycles. The topological polar surface area (TPSA) is 113 Å². The van der Waals surface area contributed by atoms with Crippen LogP contribution in [0, 0.1) is 0 Å². The second kappa shape index (κ2) is 12.1. The number of ether oxygens (including phenoxy) is 2. The van der Waals surface area contributed by atoms with Crippen LogP contribution in [0.25, 0.3) is 0 Å². The Labute approximate surface area is 213 Å². The molecule has 11 heteroatoms. The van der Waals surface area contributed by atoms with Crippen molar-refractivity contribution in [1.82, 2.24) is 19.5 Å². The molecule has 0 spiro atoms. The second-order valence-electron chi connectivity index (χ2n) is 9.15. The van der Waals surface area contributed by atoms with Crippen molar-refractivity contribution in [3.63, 3.8) is 0 Å². The number of carbonyl (C=O) groups excluding carboxylic acids is 1. The van der Waals surface area contributed by atoms with E-state index in [-0.39, 0.29) is 23.1 Å². The van der Waals surface area contributed by atoms with Gasteiger partial charge in [-0.25, -0.2) is 13.2 Å². The van der Waals surface area contributed by atoms with Gasteiger partial charge in [0.05, 0.1) is 17.1 Å². The van der Waals surface area contributed by atoms with Gasteiger partial charge in [-0.05, 0) is 55.2 Å². The zero-order valence-electron chi connectivity index (χ0n) is 20.8. The quantitative estimate of drug-likeness (QED) is 0.552. The third kappa shape index (κ3) is 6.40. The van der Waals surface area contributed by atoms with Crippen molar-refractivity contribution in [3.8, 4) is 0 Å². The average Bonchev–Trinajstić information content (AvgIpc) is 2.92. The first kappa shape index (κ1) is 26.5. The molecule has 2 amide bonds. The van der Waals surface area contributed by atoms with Crippen LogP contribution in [0.15, 0.2) is 53.7 Å². The van der Waals surface area contributed by atoms with Gasteiger partial charge in [-0.1, -0.05) is 6.07 Å². The number of amides is 2. The fourth-order valence-corrected chi connectivity index (χ4v) is 6.38. The van der Waals surface area contributed by atoms with Crippen LogP contribution < -0.4 is 10.6 Å². The minimum absolute atomic E-state index is 0.0695. The molecule has 1 aromatic heterocycles. The summed E-state index contributed by atoms with van der Waals surface area (Å²) in [6, 6.07) is 9.95. The molecule has 0 bridgehead atoms. The van der Waals surface area contributed by atoms with Crippen molar-refractivity contribution >= 4 is 21.7 Å². The Balaban J connectivity index is 1.28. The molecule has 2 aromatic rings. The van der Waals surface area contributed by atoms with Gasteiger partial charge in [0, 0.05) is 71.1 Å². The normalized spacial score (nSPS) is 23.8. The Hall–Kier alpha value is -2.57. The smallest absolute Gasteiger partial charge is 0.319 e. The molecule has 36 heavy (non-hydrogen) atoms. The van der Waals surface area contributed by atoms with Crippen LogP contribution in [-0.2, 0) is 26.0 Å². The molecule has 1 aliphatic heterocycles. The third-order valence-corrected chi connectivity index (χ3v) is 8.94. The maximum Gasteiger partial charge on any atom is 0.319 e. The highest BCUT2D eigenvalue weighted by Crippen LogP contribution is 2.28. The molecule has 2 heterocycles. The predicted octanol–water partition coefficient (Wildman–Crippen LogP) is 2.29. The van der Waals surface area contributed by atoms with Crippen LogP contribution in [0.2, 0.25) is 0 Å². The molecule has 196 valence electrons. The van der Waals surface area contributed by atoms with Gasteiger partial charge in [0.25, 0.3) is 0 Å². The summed E-state index contributed by atoms with van der Waals surface area (Å²) in [5.41, 5.74) is 1.40. The van der Waals surface area contributed by atoms with Crippen molar-refractivity contribution in [1.29, 1.82) is 0 Å². The van der Waals surface area contributed by atoms with Crippen LogP contribution in [0.1, 0.15) is 24.8 Å². The van der Waals surface area contributed by atoms with E-state index in [1.54, 1.807) is 49.1 Å². The van der Waals surface area contributed by atoms with Gasteiger partial charge in [0.2, 0.25) is 10.0 Å². The molecule has 3 atom stereocenters. The number of benzene rings is 1. The van der Waals surface area contributed by atoms with E-state index in [4.69, 9.17) is 9.47 Å². The van der Waals surface area contributed by atoms with Crippen molar-refractivity contribution in [2.24, 2.45) is 0 Å². The van der Waals surface area contributed by atoms with Gasteiger partial charge >= 0.3 is 6.03 Å². The Bertz CT molecular complexity index is 1090. The summed E-state index contributed by atoms with van der Waals surface area (Å²) in [5, 5.41) is 5.47. The van der Waals surface area contributed by atoms with E-state index in [1.807, 2.05) is 6.07 Å². The highest BCUT2D eigenvalue weighted by molar-refractivity contribution is 7.89. The summed E-state index contributed by atoms with van der Waals surface area (Å²) in [6.07, 6.45) is 6.41. The zero-order valence-corrected chi connectivity index (χ0v) is 21.6. The fraction of sp³-hybridized carbons (Fsp3) is 0.520. The predicted molar refractivity (Wildman–Crippen MR) is 136 cm³/mol. The van der Waals surface area contributed by atoms with Crippen LogP contribution >= 0.6 is 0 Å². The largest absolute Gasteiger partial charge is 0.379 e. The standard InChI is InChI=1S/C25H35N5O5S/c1-34-23-10-7-21(16-24(23)35-2)29-12-14-30(15-13-29)36(32,33)22-8-5-20(6-9-22)28-25(31)27-18-19-4-3-11-26-17-19/h3-6,8-9,11,17,21,23-24H,7,10,12-16,18H2,1-2H3,(H2,27,28,31). The maximum atomic E-state index is 13.2. The monoisotopic (exact) mass is 517 g/mol. The van der Waals surface area contributed by atoms with Gasteiger partial charge in [-0.2, -0.15) is 4.31 Å². The summed E-state index contributed by atoms with van der Waals surface area (Å²) >= 11 is 0. The van der Waals surface area contributed by atoms with Crippen molar-refractivity contribution in [2.75, 3.05) is 45.7 Å². The van der Waals surface area contributed by atoms with Gasteiger partial charge in [0.1, 0.15) is 0 Å². The molecule has 4 rings (SSSR count). The summed E-state index contributed by atoms with van der Waals surface area (Å²) in [7, 11) is -0.163. The Morgan fingerprint density at radius 2 is 1.75 bits per heavy atom. The Morgan fingerprint density at radius 3 is 2.39 bits per heavy atom. The van der Waals surface area contributed by atoms with Crippen LogP contribution in [0.5, 0.6) is 0 Å². The van der Waals surface area contributed by atoms with Crippen molar-refractivity contribution < 1.29 is 22.7 Å². The maximum absolute atomic E-state index is 13.2. The number of hydrogen-bond donors (Lipinski definition) is 2.